The molecule has 110 valence electrons. The number of benzene rings is 2. The Morgan fingerprint density at radius 1 is 1.14 bits per heavy atom. The molecule has 21 heavy (non-hydrogen) atoms. The van der Waals surface area contributed by atoms with Gasteiger partial charge in [0, 0.05) is 6.04 Å². The van der Waals surface area contributed by atoms with Gasteiger partial charge in [-0.2, -0.15) is 0 Å². The Morgan fingerprint density at radius 3 is 2.71 bits per heavy atom. The lowest BCUT2D eigenvalue weighted by Crippen LogP contribution is -2.12. The Labute approximate surface area is 127 Å². The van der Waals surface area contributed by atoms with E-state index in [1.54, 1.807) is 0 Å². The van der Waals surface area contributed by atoms with E-state index in [2.05, 4.69) is 55.6 Å². The Kier molecular flexibility index (Phi) is 3.98. The molecule has 2 nitrogen and oxygen atoms in total. The Balaban J connectivity index is 2.00. The highest BCUT2D eigenvalue weighted by atomic mass is 16.5. The van der Waals surface area contributed by atoms with Crippen molar-refractivity contribution in [3.05, 3.63) is 53.6 Å². The third-order valence-corrected chi connectivity index (χ3v) is 4.14. The minimum absolute atomic E-state index is 0.204. The lowest BCUT2D eigenvalue weighted by Gasteiger charge is -2.14. The van der Waals surface area contributed by atoms with Crippen molar-refractivity contribution < 1.29 is 4.74 Å². The van der Waals surface area contributed by atoms with Crippen LogP contribution in [0.25, 0.3) is 11.1 Å². The summed E-state index contributed by atoms with van der Waals surface area (Å²) in [7, 11) is 2.05. The lowest BCUT2D eigenvalue weighted by atomic mass is 9.96. The van der Waals surface area contributed by atoms with Crippen molar-refractivity contribution in [2.45, 2.75) is 38.8 Å². The van der Waals surface area contributed by atoms with E-state index in [-0.39, 0.29) is 6.10 Å². The van der Waals surface area contributed by atoms with Crippen molar-refractivity contribution in [2.75, 3.05) is 7.05 Å². The standard InChI is InChI=1S/C19H23NO/c1-13(2)21-15-7-4-6-14(12-15)16-8-5-9-18-17(16)10-11-19(18)20-3/h4-9,12-13,19-20H,10-11H2,1-3H3. The predicted molar refractivity (Wildman–Crippen MR) is 87.8 cm³/mol. The second-order valence-electron chi connectivity index (χ2n) is 5.95. The van der Waals surface area contributed by atoms with E-state index >= 15 is 0 Å². The molecule has 3 rings (SSSR count). The van der Waals surface area contributed by atoms with E-state index in [4.69, 9.17) is 4.74 Å². The summed E-state index contributed by atoms with van der Waals surface area (Å²) < 4.78 is 5.83. The van der Waals surface area contributed by atoms with E-state index in [9.17, 15) is 0 Å². The molecule has 2 aromatic rings. The molecule has 0 bridgehead atoms. The zero-order valence-corrected chi connectivity index (χ0v) is 13.0. The second kappa shape index (κ2) is 5.90. The van der Waals surface area contributed by atoms with Crippen LogP contribution in [0.3, 0.4) is 0 Å². The van der Waals surface area contributed by atoms with Crippen molar-refractivity contribution in [3.8, 4) is 16.9 Å². The van der Waals surface area contributed by atoms with Crippen LogP contribution in [-0.2, 0) is 6.42 Å². The zero-order chi connectivity index (χ0) is 14.8. The third kappa shape index (κ3) is 2.81. The third-order valence-electron chi connectivity index (χ3n) is 4.14. The Morgan fingerprint density at radius 2 is 1.95 bits per heavy atom. The predicted octanol–water partition coefficient (Wildman–Crippen LogP) is 4.35. The average Bonchev–Trinajstić information content (AvgIpc) is 2.89. The highest BCUT2D eigenvalue weighted by molar-refractivity contribution is 5.71. The Bertz CT molecular complexity index is 633. The number of fused-ring (bicyclic) bond motifs is 1. The van der Waals surface area contributed by atoms with Gasteiger partial charge in [-0.3, -0.25) is 0 Å². The summed E-state index contributed by atoms with van der Waals surface area (Å²) >= 11 is 0. The lowest BCUT2D eigenvalue weighted by molar-refractivity contribution is 0.242. The van der Waals surface area contributed by atoms with E-state index in [0.29, 0.717) is 6.04 Å². The summed E-state index contributed by atoms with van der Waals surface area (Å²) in [5, 5.41) is 3.41. The van der Waals surface area contributed by atoms with Gasteiger partial charge >= 0.3 is 0 Å². The summed E-state index contributed by atoms with van der Waals surface area (Å²) in [4.78, 5) is 0. The van der Waals surface area contributed by atoms with E-state index in [1.807, 2.05) is 13.1 Å². The number of nitrogens with one attached hydrogen (secondary N) is 1. The summed E-state index contributed by atoms with van der Waals surface area (Å²) in [5.74, 6) is 0.947. The minimum Gasteiger partial charge on any atom is -0.491 e. The summed E-state index contributed by atoms with van der Waals surface area (Å²) in [6, 6.07) is 15.6. The van der Waals surface area contributed by atoms with E-state index in [0.717, 1.165) is 12.2 Å². The maximum absolute atomic E-state index is 5.83. The number of rotatable bonds is 4. The van der Waals surface area contributed by atoms with Gasteiger partial charge in [0.05, 0.1) is 6.10 Å². The molecule has 0 fully saturated rings. The van der Waals surface area contributed by atoms with E-state index in [1.165, 1.54) is 28.7 Å². The fourth-order valence-corrected chi connectivity index (χ4v) is 3.23. The highest BCUT2D eigenvalue weighted by Gasteiger charge is 2.23. The van der Waals surface area contributed by atoms with Gasteiger partial charge in [-0.15, -0.1) is 0 Å². The van der Waals surface area contributed by atoms with Crippen LogP contribution in [0.15, 0.2) is 42.5 Å². The molecule has 0 radical (unpaired) electrons. The second-order valence-corrected chi connectivity index (χ2v) is 5.95. The first kappa shape index (κ1) is 14.2. The van der Waals surface area contributed by atoms with Crippen LogP contribution in [0.2, 0.25) is 0 Å². The molecule has 1 aliphatic carbocycles. The molecule has 1 aliphatic rings. The van der Waals surface area contributed by atoms with Crippen molar-refractivity contribution in [1.82, 2.24) is 5.32 Å². The molecule has 2 aromatic carbocycles. The molecular formula is C19H23NO. The fraction of sp³-hybridized carbons (Fsp3) is 0.368. The van der Waals surface area contributed by atoms with Crippen LogP contribution < -0.4 is 10.1 Å². The van der Waals surface area contributed by atoms with Gasteiger partial charge in [-0.05, 0) is 68.1 Å². The zero-order valence-electron chi connectivity index (χ0n) is 13.0. The normalized spacial score (nSPS) is 17.0. The molecule has 0 saturated carbocycles. The van der Waals surface area contributed by atoms with Crippen molar-refractivity contribution in [3.63, 3.8) is 0 Å². The maximum atomic E-state index is 5.83. The van der Waals surface area contributed by atoms with Crippen molar-refractivity contribution in [2.24, 2.45) is 0 Å². The maximum Gasteiger partial charge on any atom is 0.120 e. The van der Waals surface area contributed by atoms with Gasteiger partial charge in [0.2, 0.25) is 0 Å². The first-order valence-electron chi connectivity index (χ1n) is 7.75. The molecule has 0 aliphatic heterocycles. The minimum atomic E-state index is 0.204. The smallest absolute Gasteiger partial charge is 0.120 e. The van der Waals surface area contributed by atoms with Crippen LogP contribution in [0.4, 0.5) is 0 Å². The molecule has 0 aromatic heterocycles. The first-order chi connectivity index (χ1) is 10.2. The largest absolute Gasteiger partial charge is 0.491 e. The van der Waals surface area contributed by atoms with Crippen LogP contribution in [-0.4, -0.2) is 13.2 Å². The number of ether oxygens (including phenoxy) is 1. The summed E-state index contributed by atoms with van der Waals surface area (Å²) in [6.07, 6.45) is 2.53. The molecule has 1 N–H and O–H groups in total. The van der Waals surface area contributed by atoms with Gasteiger partial charge in [0.25, 0.3) is 0 Å². The van der Waals surface area contributed by atoms with Gasteiger partial charge in [-0.1, -0.05) is 30.3 Å². The van der Waals surface area contributed by atoms with Gasteiger partial charge in [-0.25, -0.2) is 0 Å². The van der Waals surface area contributed by atoms with Gasteiger partial charge < -0.3 is 10.1 Å². The molecule has 0 amide bonds. The van der Waals surface area contributed by atoms with E-state index < -0.39 is 0 Å². The highest BCUT2D eigenvalue weighted by Crippen LogP contribution is 2.38. The van der Waals surface area contributed by atoms with Crippen LogP contribution in [0, 0.1) is 0 Å². The Hall–Kier alpha value is -1.80. The monoisotopic (exact) mass is 281 g/mol. The molecule has 0 heterocycles. The topological polar surface area (TPSA) is 21.3 Å². The molecule has 2 heteroatoms. The summed E-state index contributed by atoms with van der Waals surface area (Å²) in [6.45, 7) is 4.12. The van der Waals surface area contributed by atoms with Crippen LogP contribution in [0.5, 0.6) is 5.75 Å². The van der Waals surface area contributed by atoms with Crippen molar-refractivity contribution in [1.29, 1.82) is 0 Å². The molecule has 1 atom stereocenters. The summed E-state index contributed by atoms with van der Waals surface area (Å²) in [5.41, 5.74) is 5.53. The first-order valence-corrected chi connectivity index (χ1v) is 7.75. The van der Waals surface area contributed by atoms with Gasteiger partial charge in [0.15, 0.2) is 0 Å². The fourth-order valence-electron chi connectivity index (χ4n) is 3.23. The quantitative estimate of drug-likeness (QED) is 0.899. The molecule has 0 spiro atoms. The molecule has 1 unspecified atom stereocenters. The SMILES string of the molecule is CNC1CCc2c(-c3cccc(OC(C)C)c3)cccc21. The number of hydrogen-bond acceptors (Lipinski definition) is 2. The van der Waals surface area contributed by atoms with Gasteiger partial charge in [0.1, 0.15) is 5.75 Å². The van der Waals surface area contributed by atoms with Crippen LogP contribution in [0.1, 0.15) is 37.4 Å². The van der Waals surface area contributed by atoms with Crippen LogP contribution >= 0.6 is 0 Å². The van der Waals surface area contributed by atoms with Crippen molar-refractivity contribution >= 4 is 0 Å². The molecule has 0 saturated heterocycles. The number of hydrogen-bond donors (Lipinski definition) is 1. The average molecular weight is 281 g/mol. The molecular weight excluding hydrogens is 258 g/mol.